The Labute approximate surface area is 113 Å². The van der Waals surface area contributed by atoms with E-state index < -0.39 is 0 Å². The minimum Gasteiger partial charge on any atom is -0.376 e. The molecule has 1 fully saturated rings. The third-order valence-corrected chi connectivity index (χ3v) is 3.02. The third-order valence-electron chi connectivity index (χ3n) is 3.02. The Morgan fingerprint density at radius 2 is 2.47 bits per heavy atom. The number of nitrogens with zero attached hydrogens (tertiary/aromatic N) is 1. The van der Waals surface area contributed by atoms with Gasteiger partial charge in [0, 0.05) is 25.5 Å². The molecule has 0 aromatic carbocycles. The van der Waals surface area contributed by atoms with E-state index in [2.05, 4.69) is 10.3 Å². The topological polar surface area (TPSA) is 60.5 Å². The zero-order chi connectivity index (χ0) is 13.3. The van der Waals surface area contributed by atoms with E-state index in [4.69, 9.17) is 9.47 Å². The molecule has 0 unspecified atom stereocenters. The maximum atomic E-state index is 11.6. The van der Waals surface area contributed by atoms with E-state index in [0.717, 1.165) is 25.0 Å². The Kier molecular flexibility index (Phi) is 5.78. The molecule has 2 rings (SSSR count). The first-order chi connectivity index (χ1) is 9.34. The molecule has 1 aromatic rings. The normalized spacial score (nSPS) is 19.1. The van der Waals surface area contributed by atoms with E-state index in [9.17, 15) is 4.79 Å². The first-order valence-electron chi connectivity index (χ1n) is 6.69. The number of hydrogen-bond donors (Lipinski definition) is 1. The van der Waals surface area contributed by atoms with Crippen molar-refractivity contribution in [3.63, 3.8) is 0 Å². The lowest BCUT2D eigenvalue weighted by molar-refractivity contribution is -0.128. The van der Waals surface area contributed by atoms with Crippen LogP contribution >= 0.6 is 0 Å². The van der Waals surface area contributed by atoms with Crippen LogP contribution in [0.4, 0.5) is 0 Å². The van der Waals surface area contributed by atoms with E-state index in [1.807, 2.05) is 12.1 Å². The molecule has 1 amide bonds. The average Bonchev–Trinajstić information content (AvgIpc) is 2.47. The zero-order valence-electron chi connectivity index (χ0n) is 11.0. The van der Waals surface area contributed by atoms with Crippen LogP contribution in [-0.4, -0.2) is 36.8 Å². The molecule has 5 nitrogen and oxygen atoms in total. The summed E-state index contributed by atoms with van der Waals surface area (Å²) in [6, 6.07) is 3.77. The number of carbonyl (C=O) groups excluding carboxylic acids is 1. The second-order valence-corrected chi connectivity index (χ2v) is 4.64. The molecular formula is C14H20N2O3. The highest BCUT2D eigenvalue weighted by atomic mass is 16.5. The van der Waals surface area contributed by atoms with Gasteiger partial charge in [0.15, 0.2) is 0 Å². The van der Waals surface area contributed by atoms with Gasteiger partial charge in [-0.05, 0) is 30.9 Å². The molecule has 0 bridgehead atoms. The summed E-state index contributed by atoms with van der Waals surface area (Å²) in [5.74, 6) is -0.111. The summed E-state index contributed by atoms with van der Waals surface area (Å²) in [6.07, 6.45) is 6.93. The minimum absolute atomic E-state index is 0.0835. The van der Waals surface area contributed by atoms with Gasteiger partial charge in [0.05, 0.1) is 12.7 Å². The lowest BCUT2D eigenvalue weighted by atomic mass is 10.1. The molecule has 1 aromatic heterocycles. The molecule has 1 aliphatic rings. The molecule has 5 heteroatoms. The number of amides is 1. The van der Waals surface area contributed by atoms with Crippen LogP contribution in [0.15, 0.2) is 24.5 Å². The second kappa shape index (κ2) is 7.86. The van der Waals surface area contributed by atoms with Crippen LogP contribution in [0.3, 0.4) is 0 Å². The van der Waals surface area contributed by atoms with Crippen LogP contribution in [-0.2, 0) is 20.8 Å². The number of carbonyl (C=O) groups is 1. The molecule has 0 aliphatic carbocycles. The van der Waals surface area contributed by atoms with Gasteiger partial charge in [-0.1, -0.05) is 6.07 Å². The van der Waals surface area contributed by atoms with Crippen molar-refractivity contribution in [3.8, 4) is 0 Å². The summed E-state index contributed by atoms with van der Waals surface area (Å²) >= 11 is 0. The minimum atomic E-state index is -0.111. The molecule has 0 radical (unpaired) electrons. The Morgan fingerprint density at radius 3 is 3.21 bits per heavy atom. The molecule has 19 heavy (non-hydrogen) atoms. The summed E-state index contributed by atoms with van der Waals surface area (Å²) in [6.45, 7) is 1.87. The number of aromatic nitrogens is 1. The fourth-order valence-corrected chi connectivity index (χ4v) is 1.98. The lowest BCUT2D eigenvalue weighted by Crippen LogP contribution is -2.30. The first kappa shape index (κ1) is 14.0. The number of hydrogen-bond acceptors (Lipinski definition) is 4. The van der Waals surface area contributed by atoms with Crippen molar-refractivity contribution in [1.82, 2.24) is 10.3 Å². The Morgan fingerprint density at radius 1 is 1.53 bits per heavy atom. The molecule has 104 valence electrons. The number of ether oxygens (including phenoxy) is 2. The third kappa shape index (κ3) is 5.36. The van der Waals surface area contributed by atoms with Crippen molar-refractivity contribution in [2.45, 2.75) is 31.9 Å². The second-order valence-electron chi connectivity index (χ2n) is 4.64. The molecule has 1 atom stereocenters. The van der Waals surface area contributed by atoms with Gasteiger partial charge < -0.3 is 14.8 Å². The van der Waals surface area contributed by atoms with Gasteiger partial charge in [0.1, 0.15) is 6.61 Å². The highest BCUT2D eigenvalue weighted by molar-refractivity contribution is 5.77. The van der Waals surface area contributed by atoms with Crippen LogP contribution in [0.5, 0.6) is 0 Å². The predicted molar refractivity (Wildman–Crippen MR) is 70.5 cm³/mol. The van der Waals surface area contributed by atoms with E-state index >= 15 is 0 Å². The van der Waals surface area contributed by atoms with Crippen molar-refractivity contribution < 1.29 is 14.3 Å². The van der Waals surface area contributed by atoms with Crippen molar-refractivity contribution in [2.75, 3.05) is 19.8 Å². The SMILES string of the molecule is O=C(COC[C@H]1CCCCO1)NCc1cccnc1. The zero-order valence-corrected chi connectivity index (χ0v) is 11.0. The standard InChI is InChI=1S/C14H20N2O3/c17-14(16-9-12-4-3-6-15-8-12)11-18-10-13-5-1-2-7-19-13/h3-4,6,8,13H,1-2,5,7,9-11H2,(H,16,17)/t13-/m1/s1. The van der Waals surface area contributed by atoms with Crippen molar-refractivity contribution in [3.05, 3.63) is 30.1 Å². The fourth-order valence-electron chi connectivity index (χ4n) is 1.98. The van der Waals surface area contributed by atoms with Crippen molar-refractivity contribution in [1.29, 1.82) is 0 Å². The summed E-state index contributed by atoms with van der Waals surface area (Å²) < 4.78 is 10.9. The van der Waals surface area contributed by atoms with Gasteiger partial charge >= 0.3 is 0 Å². The monoisotopic (exact) mass is 264 g/mol. The van der Waals surface area contributed by atoms with Gasteiger partial charge in [-0.3, -0.25) is 9.78 Å². The average molecular weight is 264 g/mol. The van der Waals surface area contributed by atoms with Crippen LogP contribution < -0.4 is 5.32 Å². The highest BCUT2D eigenvalue weighted by Gasteiger charge is 2.14. The van der Waals surface area contributed by atoms with Crippen LogP contribution in [0.25, 0.3) is 0 Å². The molecular weight excluding hydrogens is 244 g/mol. The number of rotatable bonds is 6. The maximum absolute atomic E-state index is 11.6. The van der Waals surface area contributed by atoms with Gasteiger partial charge in [-0.15, -0.1) is 0 Å². The maximum Gasteiger partial charge on any atom is 0.246 e. The molecule has 0 spiro atoms. The van der Waals surface area contributed by atoms with E-state index in [1.54, 1.807) is 12.4 Å². The molecule has 0 saturated carbocycles. The van der Waals surface area contributed by atoms with Crippen LogP contribution in [0.2, 0.25) is 0 Å². The highest BCUT2D eigenvalue weighted by Crippen LogP contribution is 2.12. The Balaban J connectivity index is 1.57. The first-order valence-corrected chi connectivity index (χ1v) is 6.69. The Hall–Kier alpha value is -1.46. The van der Waals surface area contributed by atoms with Crippen molar-refractivity contribution >= 4 is 5.91 Å². The number of nitrogens with one attached hydrogen (secondary N) is 1. The van der Waals surface area contributed by atoms with Gasteiger partial charge in [0.2, 0.25) is 5.91 Å². The fraction of sp³-hybridized carbons (Fsp3) is 0.571. The van der Waals surface area contributed by atoms with Gasteiger partial charge in [-0.2, -0.15) is 0 Å². The number of pyridine rings is 1. The summed E-state index contributed by atoms with van der Waals surface area (Å²) in [7, 11) is 0. The molecule has 1 N–H and O–H groups in total. The van der Waals surface area contributed by atoms with E-state index in [0.29, 0.717) is 13.2 Å². The van der Waals surface area contributed by atoms with Crippen LogP contribution in [0.1, 0.15) is 24.8 Å². The summed E-state index contributed by atoms with van der Waals surface area (Å²) in [5.41, 5.74) is 0.978. The van der Waals surface area contributed by atoms with E-state index in [-0.39, 0.29) is 18.6 Å². The molecule has 1 saturated heterocycles. The van der Waals surface area contributed by atoms with E-state index in [1.165, 1.54) is 6.42 Å². The van der Waals surface area contributed by atoms with Crippen LogP contribution in [0, 0.1) is 0 Å². The van der Waals surface area contributed by atoms with Crippen molar-refractivity contribution in [2.24, 2.45) is 0 Å². The molecule has 1 aliphatic heterocycles. The Bertz CT molecular complexity index is 378. The summed E-state index contributed by atoms with van der Waals surface area (Å²) in [4.78, 5) is 15.5. The largest absolute Gasteiger partial charge is 0.376 e. The van der Waals surface area contributed by atoms with Gasteiger partial charge in [-0.25, -0.2) is 0 Å². The lowest BCUT2D eigenvalue weighted by Gasteiger charge is -2.22. The smallest absolute Gasteiger partial charge is 0.246 e. The molecule has 2 heterocycles. The van der Waals surface area contributed by atoms with Gasteiger partial charge in [0.25, 0.3) is 0 Å². The quantitative estimate of drug-likeness (QED) is 0.841. The predicted octanol–water partition coefficient (Wildman–Crippen LogP) is 1.28. The summed E-state index contributed by atoms with van der Waals surface area (Å²) in [5, 5.41) is 2.79.